The summed E-state index contributed by atoms with van der Waals surface area (Å²) in [5.74, 6) is 0.234. The van der Waals surface area contributed by atoms with E-state index in [4.69, 9.17) is 4.74 Å². The van der Waals surface area contributed by atoms with Crippen molar-refractivity contribution in [3.05, 3.63) is 54.3 Å². The number of rotatable bonds is 8. The molecule has 2 amide bonds. The third-order valence-electron chi connectivity index (χ3n) is 3.04. The fourth-order valence-corrected chi connectivity index (χ4v) is 2.58. The minimum absolute atomic E-state index is 0.133. The Morgan fingerprint density at radius 3 is 1.88 bits per heavy atom. The fraction of sp³-hybridized carbons (Fsp3) is 0.222. The molecule has 0 bridgehead atoms. The van der Waals surface area contributed by atoms with Gasteiger partial charge >= 0.3 is 0 Å². The lowest BCUT2D eigenvalue weighted by Crippen LogP contribution is -2.18. The molecular weight excluding hydrogens is 343 g/mol. The van der Waals surface area contributed by atoms with Crippen molar-refractivity contribution < 1.29 is 18.7 Å². The molecule has 132 valence electrons. The van der Waals surface area contributed by atoms with Gasteiger partial charge in [-0.15, -0.1) is 11.8 Å². The molecule has 0 saturated heterocycles. The average Bonchev–Trinajstić information content (AvgIpc) is 2.59. The number of anilines is 2. The summed E-state index contributed by atoms with van der Waals surface area (Å²) in [7, 11) is 0. The summed E-state index contributed by atoms with van der Waals surface area (Å²) in [6.45, 7) is 2.49. The maximum absolute atomic E-state index is 12.8. The quantitative estimate of drug-likeness (QED) is 0.754. The number of benzene rings is 2. The van der Waals surface area contributed by atoms with Crippen LogP contribution in [0.2, 0.25) is 0 Å². The van der Waals surface area contributed by atoms with Gasteiger partial charge in [0.1, 0.15) is 11.6 Å². The van der Waals surface area contributed by atoms with E-state index in [1.807, 2.05) is 6.92 Å². The Balaban J connectivity index is 1.69. The predicted octanol–water partition coefficient (Wildman–Crippen LogP) is 3.53. The van der Waals surface area contributed by atoms with Crippen molar-refractivity contribution in [1.82, 2.24) is 0 Å². The van der Waals surface area contributed by atoms with Crippen molar-refractivity contribution in [2.75, 3.05) is 28.7 Å². The van der Waals surface area contributed by atoms with Gasteiger partial charge in [0.15, 0.2) is 0 Å². The highest BCUT2D eigenvalue weighted by Crippen LogP contribution is 2.16. The van der Waals surface area contributed by atoms with Crippen LogP contribution in [0.3, 0.4) is 0 Å². The van der Waals surface area contributed by atoms with E-state index in [0.717, 1.165) is 5.75 Å². The zero-order chi connectivity index (χ0) is 18.1. The summed E-state index contributed by atoms with van der Waals surface area (Å²) in [6, 6.07) is 12.6. The van der Waals surface area contributed by atoms with Crippen LogP contribution in [0, 0.1) is 5.82 Å². The van der Waals surface area contributed by atoms with Crippen LogP contribution < -0.4 is 15.4 Å². The van der Waals surface area contributed by atoms with Gasteiger partial charge in [-0.25, -0.2) is 4.39 Å². The van der Waals surface area contributed by atoms with E-state index in [-0.39, 0.29) is 29.1 Å². The first-order chi connectivity index (χ1) is 12.1. The Bertz CT molecular complexity index is 705. The molecule has 2 N–H and O–H groups in total. The second-order valence-electron chi connectivity index (χ2n) is 5.05. The van der Waals surface area contributed by atoms with E-state index in [0.29, 0.717) is 18.0 Å². The maximum Gasteiger partial charge on any atom is 0.234 e. The molecule has 2 aromatic rings. The lowest BCUT2D eigenvalue weighted by atomic mass is 10.3. The van der Waals surface area contributed by atoms with Crippen molar-refractivity contribution in [1.29, 1.82) is 0 Å². The number of amides is 2. The number of ether oxygens (including phenoxy) is 1. The highest BCUT2D eigenvalue weighted by atomic mass is 32.2. The molecule has 0 aliphatic rings. The number of hydrogen-bond donors (Lipinski definition) is 2. The smallest absolute Gasteiger partial charge is 0.234 e. The van der Waals surface area contributed by atoms with Gasteiger partial charge in [-0.1, -0.05) is 0 Å². The van der Waals surface area contributed by atoms with Gasteiger partial charge in [-0.2, -0.15) is 0 Å². The van der Waals surface area contributed by atoms with Crippen LogP contribution in [0.4, 0.5) is 15.8 Å². The normalized spacial score (nSPS) is 10.2. The molecule has 0 atom stereocenters. The topological polar surface area (TPSA) is 67.4 Å². The molecule has 0 aromatic heterocycles. The average molecular weight is 362 g/mol. The monoisotopic (exact) mass is 362 g/mol. The number of carbonyl (C=O) groups excluding carboxylic acids is 2. The summed E-state index contributed by atoms with van der Waals surface area (Å²) >= 11 is 1.20. The lowest BCUT2D eigenvalue weighted by molar-refractivity contribution is -0.114. The summed E-state index contributed by atoms with van der Waals surface area (Å²) in [5.41, 5.74) is 1.19. The number of halogens is 1. The zero-order valence-electron chi connectivity index (χ0n) is 13.8. The van der Waals surface area contributed by atoms with Gasteiger partial charge < -0.3 is 15.4 Å². The molecule has 0 unspecified atom stereocenters. The summed E-state index contributed by atoms with van der Waals surface area (Å²) in [6.07, 6.45) is 0. The molecule has 25 heavy (non-hydrogen) atoms. The van der Waals surface area contributed by atoms with E-state index in [9.17, 15) is 14.0 Å². The standard InChI is InChI=1S/C18H19FN2O3S/c1-2-24-16-9-7-15(8-10-16)21-18(23)12-25-11-17(22)20-14-5-3-13(19)4-6-14/h3-10H,2,11-12H2,1H3,(H,20,22)(H,21,23). The highest BCUT2D eigenvalue weighted by molar-refractivity contribution is 8.00. The Hall–Kier alpha value is -2.54. The number of nitrogens with one attached hydrogen (secondary N) is 2. The Morgan fingerprint density at radius 1 is 0.920 bits per heavy atom. The van der Waals surface area contributed by atoms with Crippen LogP contribution in [0.5, 0.6) is 5.75 Å². The van der Waals surface area contributed by atoms with E-state index in [2.05, 4.69) is 10.6 Å². The molecule has 0 spiro atoms. The summed E-state index contributed by atoms with van der Waals surface area (Å²) in [4.78, 5) is 23.6. The van der Waals surface area contributed by atoms with Crippen LogP contribution in [0.15, 0.2) is 48.5 Å². The third kappa shape index (κ3) is 6.84. The van der Waals surface area contributed by atoms with Crippen LogP contribution in [0.25, 0.3) is 0 Å². The van der Waals surface area contributed by atoms with Crippen LogP contribution >= 0.6 is 11.8 Å². The molecule has 0 aliphatic carbocycles. The molecule has 0 fully saturated rings. The molecule has 0 radical (unpaired) electrons. The Kier molecular flexibility index (Phi) is 7.28. The second kappa shape index (κ2) is 9.68. The SMILES string of the molecule is CCOc1ccc(NC(=O)CSCC(=O)Nc2ccc(F)cc2)cc1. The Morgan fingerprint density at radius 2 is 1.40 bits per heavy atom. The Labute approximate surface area is 150 Å². The first-order valence-electron chi connectivity index (χ1n) is 7.72. The molecule has 0 aliphatic heterocycles. The largest absolute Gasteiger partial charge is 0.494 e. The van der Waals surface area contributed by atoms with E-state index >= 15 is 0 Å². The van der Waals surface area contributed by atoms with Crippen LogP contribution in [0.1, 0.15) is 6.92 Å². The van der Waals surface area contributed by atoms with Crippen molar-refractivity contribution in [2.24, 2.45) is 0 Å². The van der Waals surface area contributed by atoms with Crippen molar-refractivity contribution in [2.45, 2.75) is 6.92 Å². The minimum Gasteiger partial charge on any atom is -0.494 e. The molecule has 0 saturated carbocycles. The van der Waals surface area contributed by atoms with E-state index in [1.165, 1.54) is 36.0 Å². The van der Waals surface area contributed by atoms with E-state index < -0.39 is 0 Å². The lowest BCUT2D eigenvalue weighted by Gasteiger charge is -2.07. The van der Waals surface area contributed by atoms with Crippen molar-refractivity contribution in [3.8, 4) is 5.75 Å². The molecule has 0 heterocycles. The van der Waals surface area contributed by atoms with Gasteiger partial charge in [0.25, 0.3) is 0 Å². The van der Waals surface area contributed by atoms with Crippen LogP contribution in [-0.4, -0.2) is 29.9 Å². The summed E-state index contributed by atoms with van der Waals surface area (Å²) in [5, 5.41) is 5.39. The first kappa shape index (κ1) is 18.8. The highest BCUT2D eigenvalue weighted by Gasteiger charge is 2.07. The predicted molar refractivity (Wildman–Crippen MR) is 98.6 cm³/mol. The zero-order valence-corrected chi connectivity index (χ0v) is 14.6. The van der Waals surface area contributed by atoms with E-state index in [1.54, 1.807) is 24.3 Å². The molecule has 7 heteroatoms. The summed E-state index contributed by atoms with van der Waals surface area (Å²) < 4.78 is 18.1. The number of carbonyl (C=O) groups is 2. The van der Waals surface area contributed by atoms with Crippen molar-refractivity contribution >= 4 is 35.0 Å². The van der Waals surface area contributed by atoms with Gasteiger partial charge in [-0.3, -0.25) is 9.59 Å². The van der Waals surface area contributed by atoms with Crippen molar-refractivity contribution in [3.63, 3.8) is 0 Å². The second-order valence-corrected chi connectivity index (χ2v) is 6.04. The fourth-order valence-electron chi connectivity index (χ4n) is 1.96. The molecule has 2 rings (SSSR count). The van der Waals surface area contributed by atoms with Gasteiger partial charge in [0.05, 0.1) is 18.1 Å². The van der Waals surface area contributed by atoms with Gasteiger partial charge in [0, 0.05) is 11.4 Å². The number of hydrogen-bond acceptors (Lipinski definition) is 4. The molecule has 2 aromatic carbocycles. The third-order valence-corrected chi connectivity index (χ3v) is 3.98. The minimum atomic E-state index is -0.363. The molecular formula is C18H19FN2O3S. The van der Waals surface area contributed by atoms with Gasteiger partial charge in [-0.05, 0) is 55.5 Å². The number of thioether (sulfide) groups is 1. The molecule has 5 nitrogen and oxygen atoms in total. The van der Waals surface area contributed by atoms with Gasteiger partial charge in [0.2, 0.25) is 11.8 Å². The van der Waals surface area contributed by atoms with Crippen LogP contribution in [-0.2, 0) is 9.59 Å². The maximum atomic E-state index is 12.8. The first-order valence-corrected chi connectivity index (χ1v) is 8.88.